The minimum Gasteiger partial charge on any atom is -0.478 e. The smallest absolute Gasteiger partial charge is 0.336 e. The van der Waals surface area contributed by atoms with Gasteiger partial charge in [0.15, 0.2) is 0 Å². The van der Waals surface area contributed by atoms with Crippen molar-refractivity contribution in [2.24, 2.45) is 0 Å². The maximum Gasteiger partial charge on any atom is 0.336 e. The zero-order chi connectivity index (χ0) is 19.7. The molecule has 0 saturated heterocycles. The van der Waals surface area contributed by atoms with Crippen LogP contribution in [-0.4, -0.2) is 21.9 Å². The first-order valence-electron chi connectivity index (χ1n) is 9.32. The van der Waals surface area contributed by atoms with Crippen LogP contribution in [0.25, 0.3) is 0 Å². The van der Waals surface area contributed by atoms with Crippen molar-refractivity contribution in [1.29, 1.82) is 0 Å². The van der Waals surface area contributed by atoms with Gasteiger partial charge in [-0.2, -0.15) is 0 Å². The summed E-state index contributed by atoms with van der Waals surface area (Å²) in [4.78, 5) is 27.0. The number of rotatable bonds is 5. The topological polar surface area (TPSA) is 57.6 Å². The van der Waals surface area contributed by atoms with E-state index < -0.39 is 5.97 Å². The van der Waals surface area contributed by atoms with Gasteiger partial charge in [-0.1, -0.05) is 66.7 Å². The second-order valence-corrected chi connectivity index (χ2v) is 7.15. The average Bonchev–Trinajstić information content (AvgIpc) is 2.95. The Kier molecular flexibility index (Phi) is 4.70. The minimum atomic E-state index is -0.984. The number of aromatic carboxylic acids is 1. The molecule has 3 aromatic carbocycles. The van der Waals surface area contributed by atoms with Crippen molar-refractivity contribution < 1.29 is 14.7 Å². The van der Waals surface area contributed by atoms with E-state index in [1.165, 1.54) is 0 Å². The molecule has 1 N–H and O–H groups in total. The van der Waals surface area contributed by atoms with E-state index >= 15 is 0 Å². The molecule has 4 heteroatoms. The molecule has 0 fully saturated rings. The first-order chi connectivity index (χ1) is 13.6. The molecule has 1 atom stereocenters. The highest BCUT2D eigenvalue weighted by Gasteiger charge is 2.40. The van der Waals surface area contributed by atoms with Gasteiger partial charge in [0.05, 0.1) is 11.6 Å². The van der Waals surface area contributed by atoms with Crippen LogP contribution in [0.4, 0.5) is 0 Å². The largest absolute Gasteiger partial charge is 0.478 e. The fourth-order valence-electron chi connectivity index (χ4n) is 4.01. The monoisotopic (exact) mass is 371 g/mol. The molecule has 1 aliphatic heterocycles. The summed E-state index contributed by atoms with van der Waals surface area (Å²) in [7, 11) is 0. The molecule has 0 radical (unpaired) electrons. The summed E-state index contributed by atoms with van der Waals surface area (Å²) in [6, 6.07) is 22.9. The van der Waals surface area contributed by atoms with E-state index in [0.29, 0.717) is 29.7 Å². The van der Waals surface area contributed by atoms with Crippen LogP contribution < -0.4 is 0 Å². The van der Waals surface area contributed by atoms with Gasteiger partial charge in [-0.15, -0.1) is 0 Å². The SMILES string of the molecule is Cc1ccc2c(c1C(=O)O)C(Cc1ccccc1)N(Cc1ccccc1)C2=O. The van der Waals surface area contributed by atoms with Crippen molar-refractivity contribution in [3.8, 4) is 0 Å². The van der Waals surface area contributed by atoms with Crippen molar-refractivity contribution in [1.82, 2.24) is 4.90 Å². The van der Waals surface area contributed by atoms with Crippen LogP contribution in [0, 0.1) is 6.92 Å². The van der Waals surface area contributed by atoms with Crippen molar-refractivity contribution in [2.45, 2.75) is 25.9 Å². The normalized spacial score (nSPS) is 15.5. The Labute approximate surface area is 164 Å². The van der Waals surface area contributed by atoms with E-state index in [1.807, 2.05) is 60.7 Å². The third-order valence-electron chi connectivity index (χ3n) is 5.34. The zero-order valence-corrected chi connectivity index (χ0v) is 15.6. The van der Waals surface area contributed by atoms with Crippen molar-refractivity contribution >= 4 is 11.9 Å². The Hall–Kier alpha value is -3.40. The standard InChI is InChI=1S/C24H21NO3/c1-16-12-13-19-22(21(16)24(27)28)20(14-17-8-4-2-5-9-17)25(23(19)26)15-18-10-6-3-7-11-18/h2-13,20H,14-15H2,1H3,(H,27,28). The first-order valence-corrected chi connectivity index (χ1v) is 9.32. The number of amides is 1. The highest BCUT2D eigenvalue weighted by Crippen LogP contribution is 2.40. The molecule has 4 nitrogen and oxygen atoms in total. The van der Waals surface area contributed by atoms with Crippen LogP contribution in [0.2, 0.25) is 0 Å². The Morgan fingerprint density at radius 3 is 2.14 bits per heavy atom. The molecule has 1 heterocycles. The van der Waals surface area contributed by atoms with Crippen LogP contribution in [0.1, 0.15) is 49.0 Å². The lowest BCUT2D eigenvalue weighted by Gasteiger charge is -2.26. The van der Waals surface area contributed by atoms with E-state index in [2.05, 4.69) is 0 Å². The number of hydrogen-bond donors (Lipinski definition) is 1. The Morgan fingerprint density at radius 1 is 0.929 bits per heavy atom. The van der Waals surface area contributed by atoms with Gasteiger partial charge in [-0.3, -0.25) is 4.79 Å². The predicted molar refractivity (Wildman–Crippen MR) is 107 cm³/mol. The van der Waals surface area contributed by atoms with E-state index in [4.69, 9.17) is 0 Å². The van der Waals surface area contributed by atoms with E-state index in [9.17, 15) is 14.7 Å². The van der Waals surface area contributed by atoms with Gasteiger partial charge in [0.1, 0.15) is 0 Å². The molecule has 4 rings (SSSR count). The number of carbonyl (C=O) groups excluding carboxylic acids is 1. The van der Waals surface area contributed by atoms with Gasteiger partial charge >= 0.3 is 5.97 Å². The number of carboxylic acids is 1. The highest BCUT2D eigenvalue weighted by atomic mass is 16.4. The molecule has 0 saturated carbocycles. The van der Waals surface area contributed by atoms with Crippen molar-refractivity contribution in [3.05, 3.63) is 106 Å². The van der Waals surface area contributed by atoms with Gasteiger partial charge in [0, 0.05) is 17.7 Å². The second-order valence-electron chi connectivity index (χ2n) is 7.15. The van der Waals surface area contributed by atoms with Crippen molar-refractivity contribution in [2.75, 3.05) is 0 Å². The molecule has 1 amide bonds. The Balaban J connectivity index is 1.82. The van der Waals surface area contributed by atoms with Crippen LogP contribution in [-0.2, 0) is 13.0 Å². The van der Waals surface area contributed by atoms with Gasteiger partial charge in [0.25, 0.3) is 5.91 Å². The summed E-state index contributed by atoms with van der Waals surface area (Å²) < 4.78 is 0. The van der Waals surface area contributed by atoms with Crippen LogP contribution in [0.15, 0.2) is 72.8 Å². The summed E-state index contributed by atoms with van der Waals surface area (Å²) >= 11 is 0. The number of benzene rings is 3. The van der Waals surface area contributed by atoms with Gasteiger partial charge in [-0.25, -0.2) is 4.79 Å². The van der Waals surface area contributed by atoms with E-state index in [0.717, 1.165) is 11.1 Å². The molecule has 1 unspecified atom stereocenters. The lowest BCUT2D eigenvalue weighted by Crippen LogP contribution is -2.29. The maximum atomic E-state index is 13.2. The summed E-state index contributed by atoms with van der Waals surface area (Å²) in [6.45, 7) is 2.23. The first kappa shape index (κ1) is 18.0. The molecule has 1 aliphatic rings. The number of aryl methyl sites for hydroxylation is 1. The average molecular weight is 371 g/mol. The molecule has 0 aliphatic carbocycles. The molecule has 0 spiro atoms. The number of carboxylic acid groups (broad SMARTS) is 1. The molecule has 140 valence electrons. The molecular weight excluding hydrogens is 350 g/mol. The highest BCUT2D eigenvalue weighted by molar-refractivity contribution is 6.04. The summed E-state index contributed by atoms with van der Waals surface area (Å²) in [5.41, 5.74) is 4.16. The summed E-state index contributed by atoms with van der Waals surface area (Å²) in [5, 5.41) is 9.85. The molecular formula is C24H21NO3. The Bertz CT molecular complexity index is 1030. The second kappa shape index (κ2) is 7.31. The number of hydrogen-bond acceptors (Lipinski definition) is 2. The van der Waals surface area contributed by atoms with Crippen LogP contribution in [0.5, 0.6) is 0 Å². The van der Waals surface area contributed by atoms with Gasteiger partial charge in [-0.05, 0) is 36.1 Å². The Morgan fingerprint density at radius 2 is 1.54 bits per heavy atom. The molecule has 0 aromatic heterocycles. The van der Waals surface area contributed by atoms with Gasteiger partial charge < -0.3 is 10.0 Å². The lowest BCUT2D eigenvalue weighted by atomic mass is 9.91. The van der Waals surface area contributed by atoms with Crippen molar-refractivity contribution in [3.63, 3.8) is 0 Å². The molecule has 0 bridgehead atoms. The third kappa shape index (κ3) is 3.18. The predicted octanol–water partition coefficient (Wildman–Crippen LogP) is 4.63. The quantitative estimate of drug-likeness (QED) is 0.711. The number of fused-ring (bicyclic) bond motifs is 1. The fraction of sp³-hybridized carbons (Fsp3) is 0.167. The van der Waals surface area contributed by atoms with Gasteiger partial charge in [0.2, 0.25) is 0 Å². The number of carbonyl (C=O) groups is 2. The lowest BCUT2D eigenvalue weighted by molar-refractivity contribution is 0.0675. The summed E-state index contributed by atoms with van der Waals surface area (Å²) in [6.07, 6.45) is 0.580. The number of nitrogens with zero attached hydrogens (tertiary/aromatic N) is 1. The molecule has 28 heavy (non-hydrogen) atoms. The van der Waals surface area contributed by atoms with E-state index in [1.54, 1.807) is 24.0 Å². The summed E-state index contributed by atoms with van der Waals surface area (Å²) in [5.74, 6) is -1.09. The minimum absolute atomic E-state index is 0.109. The fourth-order valence-corrected chi connectivity index (χ4v) is 4.01. The van der Waals surface area contributed by atoms with Crippen LogP contribution >= 0.6 is 0 Å². The van der Waals surface area contributed by atoms with E-state index in [-0.39, 0.29) is 17.5 Å². The zero-order valence-electron chi connectivity index (χ0n) is 15.6. The maximum absolute atomic E-state index is 13.2. The third-order valence-corrected chi connectivity index (χ3v) is 5.34. The molecule has 3 aromatic rings. The van der Waals surface area contributed by atoms with Crippen LogP contribution in [0.3, 0.4) is 0 Å².